The molecule has 20 heavy (non-hydrogen) atoms. The fourth-order valence-corrected chi connectivity index (χ4v) is 3.85. The summed E-state index contributed by atoms with van der Waals surface area (Å²) in [5.41, 5.74) is 0.406. The molecule has 1 aromatic carbocycles. The Morgan fingerprint density at radius 3 is 2.95 bits per heavy atom. The van der Waals surface area contributed by atoms with Crippen molar-refractivity contribution in [2.24, 2.45) is 10.1 Å². The highest BCUT2D eigenvalue weighted by Gasteiger charge is 2.12. The van der Waals surface area contributed by atoms with Gasteiger partial charge < -0.3 is 5.32 Å². The van der Waals surface area contributed by atoms with Crippen molar-refractivity contribution in [3.8, 4) is 0 Å². The number of carbonyl (C=O) groups excluding carboxylic acids is 1. The first-order chi connectivity index (χ1) is 9.45. The summed E-state index contributed by atoms with van der Waals surface area (Å²) in [5, 5.41) is 7.67. The van der Waals surface area contributed by atoms with Crippen molar-refractivity contribution in [2.45, 2.75) is 4.90 Å². The number of sulfonamides is 1. The van der Waals surface area contributed by atoms with Crippen LogP contribution in [-0.2, 0) is 14.8 Å². The van der Waals surface area contributed by atoms with E-state index in [2.05, 4.69) is 10.3 Å². The Labute approximate surface area is 125 Å². The summed E-state index contributed by atoms with van der Waals surface area (Å²) in [7, 11) is -3.77. The first-order valence-corrected chi connectivity index (χ1v) is 9.20. The lowest BCUT2D eigenvalue weighted by Gasteiger charge is -2.06. The van der Waals surface area contributed by atoms with E-state index >= 15 is 0 Å². The normalized spacial score (nSPS) is 14.9. The van der Waals surface area contributed by atoms with Crippen molar-refractivity contribution in [3.63, 3.8) is 0 Å². The van der Waals surface area contributed by atoms with Crippen molar-refractivity contribution in [2.75, 3.05) is 23.4 Å². The summed E-state index contributed by atoms with van der Waals surface area (Å²) < 4.78 is 23.3. The van der Waals surface area contributed by atoms with E-state index in [4.69, 9.17) is 5.14 Å². The molecule has 0 aliphatic carbocycles. The zero-order valence-corrected chi connectivity index (χ0v) is 12.9. The van der Waals surface area contributed by atoms with Crippen molar-refractivity contribution >= 4 is 49.5 Å². The first-order valence-electron chi connectivity index (χ1n) is 5.68. The summed E-state index contributed by atoms with van der Waals surface area (Å²) in [6.07, 6.45) is 0. The third kappa shape index (κ3) is 4.51. The lowest BCUT2D eigenvalue weighted by atomic mass is 10.3. The van der Waals surface area contributed by atoms with Gasteiger partial charge in [-0.25, -0.2) is 13.6 Å². The highest BCUT2D eigenvalue weighted by atomic mass is 32.2. The number of rotatable bonds is 4. The van der Waals surface area contributed by atoms with E-state index in [0.29, 0.717) is 5.69 Å². The molecule has 1 aliphatic rings. The molecule has 2 rings (SSSR count). The Kier molecular flexibility index (Phi) is 5.08. The molecule has 0 saturated carbocycles. The van der Waals surface area contributed by atoms with Crippen LogP contribution in [0.2, 0.25) is 0 Å². The van der Waals surface area contributed by atoms with E-state index in [1.807, 2.05) is 0 Å². The number of amides is 1. The van der Waals surface area contributed by atoms with Gasteiger partial charge in [-0.05, 0) is 18.2 Å². The fraction of sp³-hybridized carbons (Fsp3) is 0.273. The fourth-order valence-electron chi connectivity index (χ4n) is 1.48. The molecule has 1 heterocycles. The SMILES string of the molecule is NS(=O)(=O)c1cccc(NC(=O)CSC2=NCCS2)c1. The number of hydrogen-bond donors (Lipinski definition) is 2. The van der Waals surface area contributed by atoms with Gasteiger partial charge in [-0.15, -0.1) is 0 Å². The third-order valence-corrected chi connectivity index (χ3v) is 5.49. The van der Waals surface area contributed by atoms with Gasteiger partial charge in [0.1, 0.15) is 4.38 Å². The van der Waals surface area contributed by atoms with E-state index in [0.717, 1.165) is 16.7 Å². The molecule has 0 bridgehead atoms. The third-order valence-electron chi connectivity index (χ3n) is 2.33. The number of hydrogen-bond acceptors (Lipinski definition) is 6. The average molecular weight is 331 g/mol. The molecule has 0 spiro atoms. The van der Waals surface area contributed by atoms with Crippen LogP contribution in [0.25, 0.3) is 0 Å². The Hall–Kier alpha value is -1.03. The molecule has 0 fully saturated rings. The van der Waals surface area contributed by atoms with Gasteiger partial charge in [0.15, 0.2) is 0 Å². The van der Waals surface area contributed by atoms with Crippen LogP contribution in [0, 0.1) is 0 Å². The maximum atomic E-state index is 11.8. The molecule has 6 nitrogen and oxygen atoms in total. The van der Waals surface area contributed by atoms with Gasteiger partial charge in [0.25, 0.3) is 0 Å². The lowest BCUT2D eigenvalue weighted by molar-refractivity contribution is -0.113. The predicted molar refractivity (Wildman–Crippen MR) is 83.7 cm³/mol. The van der Waals surface area contributed by atoms with Gasteiger partial charge in [-0.1, -0.05) is 29.6 Å². The second kappa shape index (κ2) is 6.61. The Morgan fingerprint density at radius 1 is 1.50 bits per heavy atom. The number of nitrogens with zero attached hydrogens (tertiary/aromatic N) is 1. The molecular weight excluding hydrogens is 318 g/mol. The second-order valence-corrected chi connectivity index (χ2v) is 7.77. The molecule has 1 aromatic rings. The van der Waals surface area contributed by atoms with E-state index in [1.54, 1.807) is 17.8 Å². The number of thioether (sulfide) groups is 2. The van der Waals surface area contributed by atoms with Crippen LogP contribution in [-0.4, -0.2) is 36.8 Å². The number of nitrogens with two attached hydrogens (primary N) is 1. The number of aliphatic imine (C=N–C) groups is 1. The van der Waals surface area contributed by atoms with Crippen LogP contribution in [0.3, 0.4) is 0 Å². The van der Waals surface area contributed by atoms with Crippen molar-refractivity contribution < 1.29 is 13.2 Å². The number of benzene rings is 1. The van der Waals surface area contributed by atoms with Crippen LogP contribution in [0.1, 0.15) is 0 Å². The van der Waals surface area contributed by atoms with Gasteiger partial charge in [0.2, 0.25) is 15.9 Å². The smallest absolute Gasteiger partial charge is 0.238 e. The Balaban J connectivity index is 1.94. The van der Waals surface area contributed by atoms with Gasteiger partial charge in [-0.3, -0.25) is 9.79 Å². The average Bonchev–Trinajstić information content (AvgIpc) is 2.89. The van der Waals surface area contributed by atoms with Crippen LogP contribution in [0.4, 0.5) is 5.69 Å². The summed E-state index contributed by atoms with van der Waals surface area (Å²) in [6.45, 7) is 0.797. The molecular formula is C11H13N3O3S3. The first kappa shape index (κ1) is 15.4. The lowest BCUT2D eigenvalue weighted by Crippen LogP contribution is -2.16. The standard InChI is InChI=1S/C11H13N3O3S3/c12-20(16,17)9-3-1-2-8(6-9)14-10(15)7-19-11-13-4-5-18-11/h1-3,6H,4-5,7H2,(H,14,15)(H2,12,16,17). The molecule has 9 heteroatoms. The van der Waals surface area contributed by atoms with Gasteiger partial charge >= 0.3 is 0 Å². The molecule has 3 N–H and O–H groups in total. The molecule has 0 aromatic heterocycles. The summed E-state index contributed by atoms with van der Waals surface area (Å²) in [4.78, 5) is 16.0. The van der Waals surface area contributed by atoms with Crippen LogP contribution >= 0.6 is 23.5 Å². The van der Waals surface area contributed by atoms with Gasteiger partial charge in [0, 0.05) is 11.4 Å². The maximum Gasteiger partial charge on any atom is 0.238 e. The molecule has 1 amide bonds. The number of carbonyl (C=O) groups is 1. The largest absolute Gasteiger partial charge is 0.325 e. The second-order valence-electron chi connectivity index (χ2n) is 3.91. The van der Waals surface area contributed by atoms with Crippen molar-refractivity contribution in [1.82, 2.24) is 0 Å². The molecule has 0 atom stereocenters. The minimum Gasteiger partial charge on any atom is -0.325 e. The molecule has 0 radical (unpaired) electrons. The van der Waals surface area contributed by atoms with Crippen molar-refractivity contribution in [1.29, 1.82) is 0 Å². The summed E-state index contributed by atoms with van der Waals surface area (Å²) in [6, 6.07) is 5.85. The minimum atomic E-state index is -3.77. The predicted octanol–water partition coefficient (Wildman–Crippen LogP) is 1.11. The molecule has 108 valence electrons. The Morgan fingerprint density at radius 2 is 2.30 bits per heavy atom. The Bertz CT molecular complexity index is 643. The maximum absolute atomic E-state index is 11.8. The zero-order chi connectivity index (χ0) is 14.6. The van der Waals surface area contributed by atoms with Gasteiger partial charge in [-0.2, -0.15) is 0 Å². The molecule has 0 saturated heterocycles. The van der Waals surface area contributed by atoms with E-state index in [9.17, 15) is 13.2 Å². The topological polar surface area (TPSA) is 102 Å². The molecule has 1 aliphatic heterocycles. The monoisotopic (exact) mass is 331 g/mol. The van der Waals surface area contributed by atoms with E-state index < -0.39 is 10.0 Å². The van der Waals surface area contributed by atoms with Crippen LogP contribution < -0.4 is 10.5 Å². The summed E-state index contributed by atoms with van der Waals surface area (Å²) in [5.74, 6) is 0.989. The highest BCUT2D eigenvalue weighted by molar-refractivity contribution is 8.39. The molecule has 0 unspecified atom stereocenters. The van der Waals surface area contributed by atoms with Crippen LogP contribution in [0.15, 0.2) is 34.2 Å². The minimum absolute atomic E-state index is 0.0290. The van der Waals surface area contributed by atoms with Crippen molar-refractivity contribution in [3.05, 3.63) is 24.3 Å². The van der Waals surface area contributed by atoms with E-state index in [-0.39, 0.29) is 16.6 Å². The number of anilines is 1. The van der Waals surface area contributed by atoms with E-state index in [1.165, 1.54) is 30.0 Å². The van der Waals surface area contributed by atoms with Gasteiger partial charge in [0.05, 0.1) is 17.2 Å². The summed E-state index contributed by atoms with van der Waals surface area (Å²) >= 11 is 3.01. The van der Waals surface area contributed by atoms with Crippen LogP contribution in [0.5, 0.6) is 0 Å². The highest BCUT2D eigenvalue weighted by Crippen LogP contribution is 2.22. The quantitative estimate of drug-likeness (QED) is 0.860. The zero-order valence-electron chi connectivity index (χ0n) is 10.4. The number of primary sulfonamides is 1. The number of nitrogens with one attached hydrogen (secondary N) is 1.